The molecule has 19 heavy (non-hydrogen) atoms. The van der Waals surface area contributed by atoms with E-state index in [0.717, 1.165) is 9.87 Å². The maximum atomic E-state index is 12.2. The minimum atomic E-state index is -2.93. The summed E-state index contributed by atoms with van der Waals surface area (Å²) < 4.78 is 21.7. The van der Waals surface area contributed by atoms with E-state index < -0.39 is 16.0 Å². The summed E-state index contributed by atoms with van der Waals surface area (Å²) >= 11 is 0. The molecule has 100 valence electrons. The monoisotopic (exact) mass is 279 g/mol. The Morgan fingerprint density at radius 2 is 2.21 bits per heavy atom. The lowest BCUT2D eigenvalue weighted by atomic mass is 10.2. The molecule has 1 saturated heterocycles. The molecule has 0 aromatic heterocycles. The predicted octanol–water partition coefficient (Wildman–Crippen LogP) is 1.89. The van der Waals surface area contributed by atoms with Gasteiger partial charge >= 0.3 is 6.09 Å². The topological polar surface area (TPSA) is 82.8 Å². The molecule has 0 bridgehead atoms. The third-order valence-electron chi connectivity index (χ3n) is 2.71. The predicted molar refractivity (Wildman–Crippen MR) is 69.0 cm³/mol. The molecular weight excluding hydrogens is 266 g/mol. The van der Waals surface area contributed by atoms with Gasteiger partial charge in [-0.2, -0.15) is 5.26 Å². The van der Waals surface area contributed by atoms with Crippen LogP contribution in [-0.2, 0) is 21.3 Å². The van der Waals surface area contributed by atoms with Crippen molar-refractivity contribution in [3.05, 3.63) is 35.9 Å². The summed E-state index contributed by atoms with van der Waals surface area (Å²) in [4.78, 5) is 11.9. The molecule has 2 rings (SSSR count). The van der Waals surface area contributed by atoms with Gasteiger partial charge in [0.05, 0.1) is 5.75 Å². The number of rotatable bonds is 2. The van der Waals surface area contributed by atoms with Gasteiger partial charge in [-0.3, -0.25) is 0 Å². The molecule has 1 aromatic carbocycles. The fourth-order valence-corrected chi connectivity index (χ4v) is 3.55. The van der Waals surface area contributed by atoms with Gasteiger partial charge in [0.25, 0.3) is 0 Å². The number of nitrogens with zero attached hydrogens (tertiary/aromatic N) is 3. The summed E-state index contributed by atoms with van der Waals surface area (Å²) in [5.41, 5.74) is 0.846. The van der Waals surface area contributed by atoms with E-state index in [1.807, 2.05) is 30.3 Å². The number of nitriles is 1. The van der Waals surface area contributed by atoms with Crippen molar-refractivity contribution in [1.29, 1.82) is 5.26 Å². The maximum absolute atomic E-state index is 12.2. The summed E-state index contributed by atoms with van der Waals surface area (Å²) in [5, 5.41) is 8.52. The fraction of sp³-hybridized carbons (Fsp3) is 0.333. The summed E-state index contributed by atoms with van der Waals surface area (Å²) in [7, 11) is -2.93. The summed E-state index contributed by atoms with van der Waals surface area (Å²) in [6, 6.07) is 9.20. The van der Waals surface area contributed by atoms with Gasteiger partial charge < -0.3 is 4.74 Å². The van der Waals surface area contributed by atoms with Crippen LogP contribution in [0.15, 0.2) is 34.7 Å². The first-order chi connectivity index (χ1) is 9.15. The molecule has 1 atom stereocenters. The van der Waals surface area contributed by atoms with Gasteiger partial charge in [0, 0.05) is 6.54 Å². The van der Waals surface area contributed by atoms with Crippen LogP contribution in [0.1, 0.15) is 12.0 Å². The Morgan fingerprint density at radius 3 is 2.89 bits per heavy atom. The van der Waals surface area contributed by atoms with Crippen LogP contribution >= 0.6 is 0 Å². The van der Waals surface area contributed by atoms with E-state index >= 15 is 0 Å². The number of hydrogen-bond donors (Lipinski definition) is 0. The average Bonchev–Trinajstić information content (AvgIpc) is 2.79. The second-order valence-electron chi connectivity index (χ2n) is 4.00. The highest BCUT2D eigenvalue weighted by atomic mass is 32.2. The molecule has 1 heterocycles. The van der Waals surface area contributed by atoms with Crippen molar-refractivity contribution in [3.8, 4) is 6.19 Å². The largest absolute Gasteiger partial charge is 0.444 e. The maximum Gasteiger partial charge on any atom is 0.422 e. The van der Waals surface area contributed by atoms with Crippen LogP contribution in [0.3, 0.4) is 0 Å². The Balaban J connectivity index is 2.03. The third-order valence-corrected chi connectivity index (χ3v) is 4.92. The van der Waals surface area contributed by atoms with Crippen molar-refractivity contribution >= 4 is 16.0 Å². The highest BCUT2D eigenvalue weighted by Gasteiger charge is 2.32. The molecule has 0 N–H and O–H groups in total. The molecule has 7 heteroatoms. The molecule has 1 aliphatic rings. The highest BCUT2D eigenvalue weighted by molar-refractivity contribution is 7.92. The molecule has 1 amide bonds. The van der Waals surface area contributed by atoms with Crippen molar-refractivity contribution in [2.75, 3.05) is 12.3 Å². The minimum absolute atomic E-state index is 0.109. The van der Waals surface area contributed by atoms with Gasteiger partial charge in [-0.25, -0.2) is 13.3 Å². The van der Waals surface area contributed by atoms with Gasteiger partial charge in [-0.05, 0) is 12.0 Å². The Kier molecular flexibility index (Phi) is 4.02. The van der Waals surface area contributed by atoms with Gasteiger partial charge in [0.1, 0.15) is 6.61 Å². The Labute approximate surface area is 111 Å². The average molecular weight is 279 g/mol. The zero-order chi connectivity index (χ0) is 13.7. The summed E-state index contributed by atoms with van der Waals surface area (Å²) in [6.45, 7) is 0.413. The third kappa shape index (κ3) is 3.03. The molecule has 0 spiro atoms. The Hall–Kier alpha value is -2.07. The molecule has 0 aliphatic carbocycles. The number of amides is 1. The summed E-state index contributed by atoms with van der Waals surface area (Å²) in [5.74, 6) is 0.223. The molecule has 1 aliphatic heterocycles. The lowest BCUT2D eigenvalue weighted by Crippen LogP contribution is -2.32. The molecule has 0 radical (unpaired) electrons. The lowest BCUT2D eigenvalue weighted by molar-refractivity contribution is 0.121. The van der Waals surface area contributed by atoms with Crippen molar-refractivity contribution in [2.45, 2.75) is 13.0 Å². The number of hydrogen-bond acceptors (Lipinski definition) is 5. The van der Waals surface area contributed by atoms with Crippen LogP contribution in [0.5, 0.6) is 0 Å². The van der Waals surface area contributed by atoms with Crippen molar-refractivity contribution in [2.24, 2.45) is 4.36 Å². The molecular formula is C12H13N3O3S. The van der Waals surface area contributed by atoms with Crippen LogP contribution in [0.25, 0.3) is 0 Å². The van der Waals surface area contributed by atoms with E-state index in [0.29, 0.717) is 13.0 Å². The van der Waals surface area contributed by atoms with E-state index in [9.17, 15) is 9.00 Å². The van der Waals surface area contributed by atoms with Gasteiger partial charge in [-0.1, -0.05) is 30.3 Å². The first-order valence-electron chi connectivity index (χ1n) is 5.77. The van der Waals surface area contributed by atoms with Crippen LogP contribution in [0.4, 0.5) is 4.79 Å². The van der Waals surface area contributed by atoms with Crippen molar-refractivity contribution in [1.82, 2.24) is 4.31 Å². The lowest BCUT2D eigenvalue weighted by Gasteiger charge is -2.17. The van der Waals surface area contributed by atoms with Crippen molar-refractivity contribution < 1.29 is 13.7 Å². The van der Waals surface area contributed by atoms with Gasteiger partial charge in [0.2, 0.25) is 6.19 Å². The van der Waals surface area contributed by atoms with E-state index in [2.05, 4.69) is 4.36 Å². The SMILES string of the molecule is N#CN=S1(=O)CCCN1C(=O)OCc1ccccc1. The normalized spacial score (nSPS) is 21.7. The fourth-order valence-electron chi connectivity index (χ4n) is 1.81. The number of benzene rings is 1. The first-order valence-corrected chi connectivity index (χ1v) is 7.41. The summed E-state index contributed by atoms with van der Waals surface area (Å²) in [6.07, 6.45) is 1.38. The first kappa shape index (κ1) is 13.4. The van der Waals surface area contributed by atoms with Crippen LogP contribution < -0.4 is 0 Å². The standard InChI is InChI=1S/C12H13N3O3S/c13-10-14-19(17)8-4-7-15(19)12(16)18-9-11-5-2-1-3-6-11/h1-3,5-6H,4,7-9H2. The second-order valence-corrected chi connectivity index (χ2v) is 6.24. The Bertz CT molecular complexity index is 615. The second kappa shape index (κ2) is 5.71. The number of carbonyl (C=O) groups is 1. The molecule has 1 aromatic rings. The number of carbonyl (C=O) groups excluding carboxylic acids is 1. The zero-order valence-electron chi connectivity index (χ0n) is 10.2. The zero-order valence-corrected chi connectivity index (χ0v) is 11.0. The van der Waals surface area contributed by atoms with Crippen LogP contribution in [-0.4, -0.2) is 26.9 Å². The van der Waals surface area contributed by atoms with E-state index in [1.54, 1.807) is 0 Å². The number of ether oxygens (including phenoxy) is 1. The van der Waals surface area contributed by atoms with E-state index in [-0.39, 0.29) is 12.4 Å². The van der Waals surface area contributed by atoms with E-state index in [1.165, 1.54) is 6.19 Å². The molecule has 1 unspecified atom stereocenters. The van der Waals surface area contributed by atoms with Crippen LogP contribution in [0.2, 0.25) is 0 Å². The van der Waals surface area contributed by atoms with Gasteiger partial charge in [-0.15, -0.1) is 4.36 Å². The quantitative estimate of drug-likeness (QED) is 0.774. The molecule has 6 nitrogen and oxygen atoms in total. The minimum Gasteiger partial charge on any atom is -0.444 e. The van der Waals surface area contributed by atoms with Gasteiger partial charge in [0.15, 0.2) is 9.92 Å². The van der Waals surface area contributed by atoms with E-state index in [4.69, 9.17) is 10.00 Å². The molecule has 0 saturated carbocycles. The smallest absolute Gasteiger partial charge is 0.422 e. The van der Waals surface area contributed by atoms with Crippen molar-refractivity contribution in [3.63, 3.8) is 0 Å². The highest BCUT2D eigenvalue weighted by Crippen LogP contribution is 2.18. The van der Waals surface area contributed by atoms with Crippen LogP contribution in [0, 0.1) is 11.5 Å². The molecule has 1 fully saturated rings. The Morgan fingerprint density at radius 1 is 1.47 bits per heavy atom.